The Morgan fingerprint density at radius 3 is 2.59 bits per heavy atom. The first kappa shape index (κ1) is 23.5. The van der Waals surface area contributed by atoms with Gasteiger partial charge >= 0.3 is 5.97 Å². The first-order valence-corrected chi connectivity index (χ1v) is 10.8. The molecule has 1 saturated heterocycles. The molecule has 1 heterocycles. The van der Waals surface area contributed by atoms with Crippen LogP contribution in [0.5, 0.6) is 0 Å². The zero-order valence-electron chi connectivity index (χ0n) is 18.0. The molecule has 1 atom stereocenters. The molecule has 9 heteroatoms. The molecule has 1 aliphatic rings. The summed E-state index contributed by atoms with van der Waals surface area (Å²) in [5, 5.41) is 3.83. The molecule has 0 radical (unpaired) electrons. The smallest absolute Gasteiger partial charge is 0.311 e. The summed E-state index contributed by atoms with van der Waals surface area (Å²) in [5.41, 5.74) is 6.31. The fourth-order valence-corrected chi connectivity index (χ4v) is 3.76. The summed E-state index contributed by atoms with van der Waals surface area (Å²) in [6, 6.07) is 10.7. The van der Waals surface area contributed by atoms with Crippen LogP contribution in [-0.2, 0) is 19.1 Å². The highest BCUT2D eigenvalue weighted by Gasteiger charge is 2.36. The van der Waals surface area contributed by atoms with Crippen molar-refractivity contribution in [3.05, 3.63) is 63.1 Å². The van der Waals surface area contributed by atoms with E-state index in [1.54, 1.807) is 18.2 Å². The molecule has 2 aromatic carbocycles. The highest BCUT2D eigenvalue weighted by atomic mass is 79.9. The summed E-state index contributed by atoms with van der Waals surface area (Å²) in [4.78, 5) is 49.1. The molecule has 32 heavy (non-hydrogen) atoms. The number of carbonyl (C=O) groups is 4. The lowest BCUT2D eigenvalue weighted by Crippen LogP contribution is -2.43. The highest BCUT2D eigenvalue weighted by Crippen LogP contribution is 2.24. The molecule has 0 saturated carbocycles. The van der Waals surface area contributed by atoms with Crippen molar-refractivity contribution in [3.8, 4) is 0 Å². The molecule has 0 bridgehead atoms. The molecule has 0 aromatic heterocycles. The molecule has 3 amide bonds. The maximum atomic E-state index is 12.4. The zero-order chi connectivity index (χ0) is 23.4. The van der Waals surface area contributed by atoms with E-state index in [9.17, 15) is 19.2 Å². The van der Waals surface area contributed by atoms with Gasteiger partial charge in [-0.1, -0.05) is 33.6 Å². The van der Waals surface area contributed by atoms with Crippen molar-refractivity contribution >= 4 is 45.3 Å². The molecular formula is C23H24BrN3O5. The van der Waals surface area contributed by atoms with Crippen LogP contribution >= 0.6 is 15.9 Å². The van der Waals surface area contributed by atoms with Crippen LogP contribution in [0, 0.1) is 26.7 Å². The van der Waals surface area contributed by atoms with E-state index < -0.39 is 36.2 Å². The summed E-state index contributed by atoms with van der Waals surface area (Å²) in [6.45, 7) is 5.14. The monoisotopic (exact) mass is 501 g/mol. The molecule has 8 nitrogen and oxygen atoms in total. The molecule has 1 fully saturated rings. The molecular weight excluding hydrogens is 478 g/mol. The lowest BCUT2D eigenvalue weighted by atomic mass is 10.1. The molecule has 0 unspecified atom stereocenters. The Bertz CT molecular complexity index is 1090. The number of nitrogens with zero attached hydrogens (tertiary/aromatic N) is 1. The summed E-state index contributed by atoms with van der Waals surface area (Å²) in [6.07, 6.45) is -0.0977. The van der Waals surface area contributed by atoms with Crippen LogP contribution in [0.4, 0.5) is 5.69 Å². The summed E-state index contributed by atoms with van der Waals surface area (Å²) >= 11 is 3.43. The molecule has 2 N–H and O–H groups in total. The van der Waals surface area contributed by atoms with Gasteiger partial charge in [0.05, 0.1) is 12.5 Å². The van der Waals surface area contributed by atoms with Gasteiger partial charge in [-0.05, 0) is 56.2 Å². The number of anilines is 1. The molecule has 168 valence electrons. The Morgan fingerprint density at radius 1 is 1.12 bits per heavy atom. The number of carbonyl (C=O) groups excluding carboxylic acids is 4. The summed E-state index contributed by atoms with van der Waals surface area (Å²) in [5.74, 6) is -2.72. The first-order valence-electron chi connectivity index (χ1n) is 10.1. The van der Waals surface area contributed by atoms with Crippen LogP contribution in [0.2, 0.25) is 0 Å². The van der Waals surface area contributed by atoms with Crippen LogP contribution < -0.4 is 10.7 Å². The summed E-state index contributed by atoms with van der Waals surface area (Å²) in [7, 11) is 0. The minimum Gasteiger partial charge on any atom is -0.455 e. The number of nitrogens with one attached hydrogen (secondary N) is 2. The van der Waals surface area contributed by atoms with Crippen LogP contribution in [0.25, 0.3) is 0 Å². The molecule has 0 spiro atoms. The number of amides is 3. The fourth-order valence-electron chi connectivity index (χ4n) is 3.30. The lowest BCUT2D eigenvalue weighted by molar-refractivity contribution is -0.151. The maximum absolute atomic E-state index is 12.4. The van der Waals surface area contributed by atoms with Gasteiger partial charge in [-0.15, -0.1) is 0 Å². The number of hydrogen-bond acceptors (Lipinski definition) is 5. The van der Waals surface area contributed by atoms with Crippen LogP contribution in [0.15, 0.2) is 40.9 Å². The number of hydrogen-bond donors (Lipinski definition) is 2. The minimum absolute atomic E-state index is 0.0120. The number of rotatable bonds is 6. The maximum Gasteiger partial charge on any atom is 0.311 e. The predicted octanol–water partition coefficient (Wildman–Crippen LogP) is 3.05. The average Bonchev–Trinajstić information content (AvgIpc) is 3.10. The number of halogens is 1. The Morgan fingerprint density at radius 2 is 1.88 bits per heavy atom. The molecule has 3 rings (SSSR count). The standard InChI is InChI=1S/C23H24BrN3O5/c1-13-5-4-6-16(7-13)22(30)26-27-11-17(10-21(27)29)23(31)32-12-20(28)25-19-9-14(2)18(24)8-15(19)3/h4-9,17H,10-12H2,1-3H3,(H,25,28)(H,26,30)/t17-/m1/s1. The second-order valence-electron chi connectivity index (χ2n) is 7.79. The Balaban J connectivity index is 1.50. The highest BCUT2D eigenvalue weighted by molar-refractivity contribution is 9.10. The van der Waals surface area contributed by atoms with Gasteiger partial charge in [-0.25, -0.2) is 0 Å². The third-order valence-corrected chi connectivity index (χ3v) is 5.95. The van der Waals surface area contributed by atoms with E-state index in [-0.39, 0.29) is 13.0 Å². The van der Waals surface area contributed by atoms with Gasteiger partial charge in [0, 0.05) is 22.1 Å². The van der Waals surface area contributed by atoms with Crippen LogP contribution in [-0.4, -0.2) is 41.9 Å². The number of hydrazine groups is 1. The van der Waals surface area contributed by atoms with Crippen LogP contribution in [0.1, 0.15) is 33.5 Å². The second kappa shape index (κ2) is 9.95. The van der Waals surface area contributed by atoms with Gasteiger partial charge in [0.15, 0.2) is 6.61 Å². The van der Waals surface area contributed by atoms with E-state index in [0.29, 0.717) is 11.3 Å². The minimum atomic E-state index is -0.759. The van der Waals surface area contributed by atoms with E-state index in [1.165, 1.54) is 0 Å². The van der Waals surface area contributed by atoms with Crippen molar-refractivity contribution in [2.24, 2.45) is 5.92 Å². The lowest BCUT2D eigenvalue weighted by Gasteiger charge is -2.17. The topological polar surface area (TPSA) is 105 Å². The normalized spacial score (nSPS) is 15.4. The van der Waals surface area contributed by atoms with Gasteiger partial charge in [0.2, 0.25) is 5.91 Å². The van der Waals surface area contributed by atoms with Crippen LogP contribution in [0.3, 0.4) is 0 Å². The largest absolute Gasteiger partial charge is 0.455 e. The predicted molar refractivity (Wildman–Crippen MR) is 122 cm³/mol. The SMILES string of the molecule is Cc1cccc(C(=O)NN2C[C@H](C(=O)OCC(=O)Nc3cc(C)c(Br)cc3C)CC2=O)c1. The number of ether oxygens (including phenoxy) is 1. The Hall–Kier alpha value is -3.20. The van der Waals surface area contributed by atoms with Crippen molar-refractivity contribution in [1.29, 1.82) is 0 Å². The van der Waals surface area contributed by atoms with Crippen molar-refractivity contribution in [2.45, 2.75) is 27.2 Å². The quantitative estimate of drug-likeness (QED) is 0.591. The number of aryl methyl sites for hydroxylation is 3. The number of esters is 1. The zero-order valence-corrected chi connectivity index (χ0v) is 19.6. The van der Waals surface area contributed by atoms with E-state index in [0.717, 1.165) is 26.2 Å². The van der Waals surface area contributed by atoms with E-state index >= 15 is 0 Å². The van der Waals surface area contributed by atoms with E-state index in [4.69, 9.17) is 4.74 Å². The van der Waals surface area contributed by atoms with Gasteiger partial charge in [-0.2, -0.15) is 0 Å². The molecule has 0 aliphatic carbocycles. The first-order chi connectivity index (χ1) is 15.1. The van der Waals surface area contributed by atoms with Crippen molar-refractivity contribution in [1.82, 2.24) is 10.4 Å². The average molecular weight is 502 g/mol. The summed E-state index contributed by atoms with van der Waals surface area (Å²) < 4.78 is 6.04. The van der Waals surface area contributed by atoms with Crippen molar-refractivity contribution < 1.29 is 23.9 Å². The second-order valence-corrected chi connectivity index (χ2v) is 8.64. The third-order valence-electron chi connectivity index (χ3n) is 5.10. The van der Waals surface area contributed by atoms with Gasteiger partial charge in [0.25, 0.3) is 11.8 Å². The van der Waals surface area contributed by atoms with Gasteiger partial charge in [-0.3, -0.25) is 29.6 Å². The van der Waals surface area contributed by atoms with E-state index in [1.807, 2.05) is 39.0 Å². The van der Waals surface area contributed by atoms with Gasteiger partial charge in [0.1, 0.15) is 0 Å². The molecule has 1 aliphatic heterocycles. The van der Waals surface area contributed by atoms with Crippen molar-refractivity contribution in [3.63, 3.8) is 0 Å². The van der Waals surface area contributed by atoms with Crippen molar-refractivity contribution in [2.75, 3.05) is 18.5 Å². The van der Waals surface area contributed by atoms with Gasteiger partial charge < -0.3 is 10.1 Å². The Labute approximate surface area is 194 Å². The fraction of sp³-hybridized carbons (Fsp3) is 0.304. The Kier molecular flexibility index (Phi) is 7.29. The molecule has 2 aromatic rings. The third kappa shape index (κ3) is 5.73. The number of benzene rings is 2. The van der Waals surface area contributed by atoms with E-state index in [2.05, 4.69) is 26.7 Å².